The SMILES string of the molecule is c1ccc(-c2ccc(N3c4cc(-c5c6ccccc6c(-c6ccccc6)c6ccccc56)ccc4B4c5ccc(-n6c7ccccc7c7ccccc76)cc5N(c5ccc(-c6ccccc6)cc5)c5cc(-n6c7ccccc7c7ccccc76)cc3c54)cc2)cc1. The van der Waals surface area contributed by atoms with E-state index in [-0.39, 0.29) is 6.71 Å². The Morgan fingerprint density at radius 2 is 0.495 bits per heavy atom. The first-order valence-corrected chi connectivity index (χ1v) is 31.5. The number of rotatable bonds is 8. The van der Waals surface area contributed by atoms with Gasteiger partial charge in [-0.3, -0.25) is 0 Å². The van der Waals surface area contributed by atoms with Crippen molar-refractivity contribution in [3.8, 4) is 55.9 Å². The summed E-state index contributed by atoms with van der Waals surface area (Å²) in [6.07, 6.45) is 0. The zero-order valence-corrected chi connectivity index (χ0v) is 49.6. The van der Waals surface area contributed by atoms with Gasteiger partial charge in [0.25, 0.3) is 6.71 Å². The van der Waals surface area contributed by atoms with Crippen molar-refractivity contribution in [1.29, 1.82) is 0 Å². The van der Waals surface area contributed by atoms with Crippen LogP contribution < -0.4 is 26.2 Å². The largest absolute Gasteiger partial charge is 0.311 e. The van der Waals surface area contributed by atoms with Gasteiger partial charge in [0.05, 0.1) is 27.8 Å². The Kier molecular flexibility index (Phi) is 11.4. The average Bonchev–Trinajstić information content (AvgIpc) is 1.28. The average molecular weight is 1160 g/mol. The van der Waals surface area contributed by atoms with E-state index in [1.54, 1.807) is 0 Å². The lowest BCUT2D eigenvalue weighted by atomic mass is 9.33. The lowest BCUT2D eigenvalue weighted by molar-refractivity contribution is 1.15. The number of benzene rings is 15. The highest BCUT2D eigenvalue weighted by atomic mass is 15.2. The molecule has 0 aliphatic carbocycles. The Labute approximate surface area is 527 Å². The van der Waals surface area contributed by atoms with Crippen LogP contribution >= 0.6 is 0 Å². The molecule has 0 saturated carbocycles. The van der Waals surface area contributed by atoms with E-state index < -0.39 is 0 Å². The molecule has 17 aromatic rings. The zero-order chi connectivity index (χ0) is 59.7. The Morgan fingerprint density at radius 3 is 0.923 bits per heavy atom. The molecule has 0 saturated heterocycles. The van der Waals surface area contributed by atoms with Gasteiger partial charge < -0.3 is 18.9 Å². The van der Waals surface area contributed by atoms with Crippen molar-refractivity contribution in [1.82, 2.24) is 9.13 Å². The quantitative estimate of drug-likeness (QED) is 0.111. The van der Waals surface area contributed by atoms with Crippen LogP contribution in [0.1, 0.15) is 0 Å². The number of fused-ring (bicyclic) bond motifs is 12. The lowest BCUT2D eigenvalue weighted by Gasteiger charge is -2.44. The molecule has 0 bridgehead atoms. The number of nitrogens with zero attached hydrogens (tertiary/aromatic N) is 4. The Hall–Kier alpha value is -11.9. The van der Waals surface area contributed by atoms with Crippen LogP contribution in [0.25, 0.3) is 121 Å². The molecule has 2 aliphatic heterocycles. The molecule has 0 spiro atoms. The maximum absolute atomic E-state index is 2.59. The first-order chi connectivity index (χ1) is 45.2. The molecular weight excluding hydrogens is 1100 g/mol. The Balaban J connectivity index is 0.934. The van der Waals surface area contributed by atoms with Crippen LogP contribution in [0.2, 0.25) is 0 Å². The normalized spacial score (nSPS) is 12.5. The summed E-state index contributed by atoms with van der Waals surface area (Å²) in [4.78, 5) is 5.17. The van der Waals surface area contributed by atoms with Crippen LogP contribution in [0, 0.1) is 0 Å². The van der Waals surface area contributed by atoms with Gasteiger partial charge in [0.1, 0.15) is 0 Å². The minimum Gasteiger partial charge on any atom is -0.311 e. The third-order valence-corrected chi connectivity index (χ3v) is 19.5. The van der Waals surface area contributed by atoms with E-state index in [4.69, 9.17) is 0 Å². The van der Waals surface area contributed by atoms with Gasteiger partial charge in [0.2, 0.25) is 0 Å². The van der Waals surface area contributed by atoms with Gasteiger partial charge in [-0.1, -0.05) is 255 Å². The van der Waals surface area contributed by atoms with Gasteiger partial charge >= 0.3 is 0 Å². The first kappa shape index (κ1) is 51.2. The third-order valence-electron chi connectivity index (χ3n) is 19.5. The summed E-state index contributed by atoms with van der Waals surface area (Å²) in [7, 11) is 0. The van der Waals surface area contributed by atoms with E-state index in [0.717, 1.165) is 62.1 Å². The summed E-state index contributed by atoms with van der Waals surface area (Å²) >= 11 is 0. The topological polar surface area (TPSA) is 16.3 Å². The molecule has 422 valence electrons. The summed E-state index contributed by atoms with van der Waals surface area (Å²) in [5, 5.41) is 9.82. The van der Waals surface area contributed by atoms with Gasteiger partial charge in [-0.05, 0) is 161 Å². The van der Waals surface area contributed by atoms with Gasteiger partial charge in [-0.15, -0.1) is 0 Å². The van der Waals surface area contributed by atoms with Crippen molar-refractivity contribution < 1.29 is 0 Å². The maximum atomic E-state index is 2.59. The summed E-state index contributed by atoms with van der Waals surface area (Å²) in [6.45, 7) is -0.169. The molecular formula is C86H55BN4. The van der Waals surface area contributed by atoms with Gasteiger partial charge in [0, 0.05) is 61.4 Å². The predicted octanol–water partition coefficient (Wildman–Crippen LogP) is 20.9. The van der Waals surface area contributed by atoms with Gasteiger partial charge in [0.15, 0.2) is 0 Å². The Bertz CT molecular complexity index is 5610. The molecule has 4 heterocycles. The molecule has 2 aromatic heterocycles. The summed E-state index contributed by atoms with van der Waals surface area (Å²) < 4.78 is 4.98. The molecule has 0 radical (unpaired) electrons. The van der Waals surface area contributed by atoms with Crippen LogP contribution in [0.4, 0.5) is 34.1 Å². The fourth-order valence-corrected chi connectivity index (χ4v) is 15.6. The minimum atomic E-state index is -0.169. The second kappa shape index (κ2) is 20.3. The van der Waals surface area contributed by atoms with Gasteiger partial charge in [-0.25, -0.2) is 0 Å². The molecule has 15 aromatic carbocycles. The van der Waals surface area contributed by atoms with E-state index >= 15 is 0 Å². The van der Waals surface area contributed by atoms with Crippen molar-refractivity contribution in [2.24, 2.45) is 0 Å². The number of hydrogen-bond donors (Lipinski definition) is 0. The van der Waals surface area contributed by atoms with Crippen LogP contribution in [0.3, 0.4) is 0 Å². The second-order valence-corrected chi connectivity index (χ2v) is 24.3. The fraction of sp³-hybridized carbons (Fsp3) is 0. The molecule has 0 atom stereocenters. The highest BCUT2D eigenvalue weighted by molar-refractivity contribution is 7.00. The smallest absolute Gasteiger partial charge is 0.252 e. The molecule has 0 unspecified atom stereocenters. The standard InChI is InChI=1S/C86H55BN4/c1-4-22-56(23-5-1)58-40-45-62(46-41-58)88-80-52-61(85-72-34-12-10-32-70(72)84(60-26-8-3-9-27-60)71-33-11-13-35-73(71)85)44-50-74(80)87-75-51-49-64(90-76-36-18-14-28-66(76)67-29-15-19-37-77(67)90)53-81(75)89(63-47-42-59(43-48-63)57-24-6-2-7-25-57)83-55-65(54-82(88)86(83)87)91-78-38-20-16-30-68(78)69-31-17-21-39-79(69)91/h1-55H. The van der Waals surface area contributed by atoms with Crippen LogP contribution in [-0.2, 0) is 0 Å². The van der Waals surface area contributed by atoms with E-state index in [1.165, 1.54) is 109 Å². The fourth-order valence-electron chi connectivity index (χ4n) is 15.6. The first-order valence-electron chi connectivity index (χ1n) is 31.5. The van der Waals surface area contributed by atoms with Gasteiger partial charge in [-0.2, -0.15) is 0 Å². The van der Waals surface area contributed by atoms with Crippen molar-refractivity contribution in [3.63, 3.8) is 0 Å². The third kappa shape index (κ3) is 7.84. The lowest BCUT2D eigenvalue weighted by Crippen LogP contribution is -2.61. The number of para-hydroxylation sites is 4. The molecule has 5 heteroatoms. The van der Waals surface area contributed by atoms with Crippen molar-refractivity contribution in [2.75, 3.05) is 9.80 Å². The van der Waals surface area contributed by atoms with E-state index in [2.05, 4.69) is 353 Å². The minimum absolute atomic E-state index is 0.169. The van der Waals surface area contributed by atoms with Crippen LogP contribution in [0.15, 0.2) is 334 Å². The molecule has 2 aliphatic rings. The maximum Gasteiger partial charge on any atom is 0.252 e. The number of aromatic nitrogens is 2. The highest BCUT2D eigenvalue weighted by Crippen LogP contribution is 2.50. The molecule has 91 heavy (non-hydrogen) atoms. The van der Waals surface area contributed by atoms with Crippen molar-refractivity contribution >= 4 is 122 Å². The second-order valence-electron chi connectivity index (χ2n) is 24.3. The summed E-state index contributed by atoms with van der Waals surface area (Å²) in [5.74, 6) is 0. The van der Waals surface area contributed by atoms with Crippen LogP contribution in [0.5, 0.6) is 0 Å². The van der Waals surface area contributed by atoms with E-state index in [1.807, 2.05) is 0 Å². The monoisotopic (exact) mass is 1150 g/mol. The Morgan fingerprint density at radius 1 is 0.198 bits per heavy atom. The summed E-state index contributed by atoms with van der Waals surface area (Å²) in [5.41, 5.74) is 26.9. The van der Waals surface area contributed by atoms with Crippen molar-refractivity contribution in [2.45, 2.75) is 0 Å². The van der Waals surface area contributed by atoms with Crippen LogP contribution in [-0.4, -0.2) is 15.8 Å². The molecule has 0 fully saturated rings. The molecule has 19 rings (SSSR count). The van der Waals surface area contributed by atoms with E-state index in [9.17, 15) is 0 Å². The number of anilines is 6. The highest BCUT2D eigenvalue weighted by Gasteiger charge is 2.44. The number of hydrogen-bond acceptors (Lipinski definition) is 2. The zero-order valence-electron chi connectivity index (χ0n) is 49.6. The molecule has 0 N–H and O–H groups in total. The van der Waals surface area contributed by atoms with E-state index in [0.29, 0.717) is 0 Å². The summed E-state index contributed by atoms with van der Waals surface area (Å²) in [6, 6.07) is 124. The van der Waals surface area contributed by atoms with Crippen molar-refractivity contribution in [3.05, 3.63) is 334 Å². The molecule has 4 nitrogen and oxygen atoms in total. The predicted molar refractivity (Wildman–Crippen MR) is 386 cm³/mol. The molecule has 0 amide bonds.